The highest BCUT2D eigenvalue weighted by Gasteiger charge is 2.37. The van der Waals surface area contributed by atoms with Crippen molar-refractivity contribution in [1.82, 2.24) is 4.57 Å². The average Bonchev–Trinajstić information content (AvgIpc) is 3.38. The SMILES string of the molecule is CCCC1=C(C(=O)OCC)[C@@H](c2cc(Br)ccc2OC)n2c(s/c(=C3/C(=O)Nc4ccc(Br)cc43)c2=O)=N1. The van der Waals surface area contributed by atoms with Crippen molar-refractivity contribution in [3.05, 3.63) is 87.4 Å². The zero-order valence-corrected chi connectivity index (χ0v) is 24.8. The van der Waals surface area contributed by atoms with Crippen molar-refractivity contribution in [3.8, 4) is 5.75 Å². The molecule has 1 amide bonds. The maximum atomic E-state index is 14.2. The van der Waals surface area contributed by atoms with Crippen LogP contribution in [0.3, 0.4) is 0 Å². The monoisotopic (exact) mass is 659 g/mol. The van der Waals surface area contributed by atoms with Gasteiger partial charge >= 0.3 is 5.97 Å². The van der Waals surface area contributed by atoms with Crippen molar-refractivity contribution < 1.29 is 19.1 Å². The summed E-state index contributed by atoms with van der Waals surface area (Å²) >= 11 is 8.11. The van der Waals surface area contributed by atoms with Crippen LogP contribution in [-0.4, -0.2) is 30.2 Å². The molecule has 1 N–H and O–H groups in total. The maximum Gasteiger partial charge on any atom is 0.338 e. The summed E-state index contributed by atoms with van der Waals surface area (Å²) in [5.41, 5.74) is 2.56. The van der Waals surface area contributed by atoms with Crippen molar-refractivity contribution in [1.29, 1.82) is 0 Å². The molecule has 3 aromatic rings. The van der Waals surface area contributed by atoms with Gasteiger partial charge in [-0.3, -0.25) is 14.2 Å². The van der Waals surface area contributed by atoms with Crippen LogP contribution in [0.4, 0.5) is 5.69 Å². The topological polar surface area (TPSA) is 99.0 Å². The number of methoxy groups -OCH3 is 1. The standard InChI is InChI=1S/C27H23Br2N3O5S/c1-4-6-18-21(26(35)37-5-2)22(16-12-14(29)8-10-19(16)36-3)32-25(34)23(38-27(32)31-18)20-15-11-13(28)7-9-17(15)30-24(20)33/h7-12,22H,4-6H2,1-3H3,(H,30,33)/b23-20+/t22-/m1/s1. The van der Waals surface area contributed by atoms with Gasteiger partial charge in [-0.2, -0.15) is 0 Å². The third-order valence-electron chi connectivity index (χ3n) is 6.31. The molecule has 0 aliphatic carbocycles. The van der Waals surface area contributed by atoms with Crippen molar-refractivity contribution in [2.75, 3.05) is 19.0 Å². The lowest BCUT2D eigenvalue weighted by atomic mass is 9.93. The summed E-state index contributed by atoms with van der Waals surface area (Å²) in [7, 11) is 1.54. The molecule has 8 nitrogen and oxygen atoms in total. The number of fused-ring (bicyclic) bond motifs is 2. The second-order valence-corrected chi connectivity index (χ2v) is 11.4. The Labute approximate surface area is 238 Å². The number of allylic oxidation sites excluding steroid dienone is 1. The van der Waals surface area contributed by atoms with E-state index in [-0.39, 0.29) is 28.2 Å². The number of ether oxygens (including phenoxy) is 2. The number of carbonyl (C=O) groups is 2. The highest BCUT2D eigenvalue weighted by atomic mass is 79.9. The largest absolute Gasteiger partial charge is 0.496 e. The Balaban J connectivity index is 1.89. The van der Waals surface area contributed by atoms with E-state index in [1.165, 1.54) is 11.7 Å². The lowest BCUT2D eigenvalue weighted by molar-refractivity contribution is -0.139. The number of benzene rings is 2. The Hall–Kier alpha value is -3.02. The fourth-order valence-electron chi connectivity index (χ4n) is 4.75. The lowest BCUT2D eigenvalue weighted by Gasteiger charge is -2.27. The van der Waals surface area contributed by atoms with Crippen molar-refractivity contribution in [3.63, 3.8) is 0 Å². The molecule has 0 saturated heterocycles. The van der Waals surface area contributed by atoms with Gasteiger partial charge in [-0.25, -0.2) is 9.79 Å². The quantitative estimate of drug-likeness (QED) is 0.395. The summed E-state index contributed by atoms with van der Waals surface area (Å²) in [5.74, 6) is -0.403. The fraction of sp³-hybridized carbons (Fsp3) is 0.259. The van der Waals surface area contributed by atoms with Gasteiger partial charge in [0.1, 0.15) is 16.3 Å². The summed E-state index contributed by atoms with van der Waals surface area (Å²) in [6.07, 6.45) is 1.24. The smallest absolute Gasteiger partial charge is 0.338 e. The van der Waals surface area contributed by atoms with E-state index in [1.807, 2.05) is 31.2 Å². The first-order chi connectivity index (χ1) is 18.3. The highest BCUT2D eigenvalue weighted by molar-refractivity contribution is 9.10. The summed E-state index contributed by atoms with van der Waals surface area (Å²) < 4.78 is 14.4. The first kappa shape index (κ1) is 26.6. The zero-order chi connectivity index (χ0) is 27.1. The number of hydrogen-bond acceptors (Lipinski definition) is 7. The van der Waals surface area contributed by atoms with Crippen LogP contribution in [0, 0.1) is 0 Å². The molecule has 0 bridgehead atoms. The minimum absolute atomic E-state index is 0.171. The van der Waals surface area contributed by atoms with E-state index in [0.29, 0.717) is 39.5 Å². The van der Waals surface area contributed by atoms with Crippen LogP contribution in [0.1, 0.15) is 43.9 Å². The van der Waals surface area contributed by atoms with Crippen LogP contribution in [-0.2, 0) is 14.3 Å². The van der Waals surface area contributed by atoms with Crippen LogP contribution < -0.4 is 24.9 Å². The van der Waals surface area contributed by atoms with Crippen LogP contribution >= 0.6 is 43.2 Å². The van der Waals surface area contributed by atoms with Gasteiger partial charge in [0.05, 0.1) is 30.6 Å². The van der Waals surface area contributed by atoms with Crippen molar-refractivity contribution >= 4 is 66.3 Å². The number of amides is 1. The molecule has 1 atom stereocenters. The Morgan fingerprint density at radius 3 is 2.58 bits per heavy atom. The Kier molecular flexibility index (Phi) is 7.43. The average molecular weight is 661 g/mol. The number of esters is 1. The number of anilines is 1. The number of carbonyl (C=O) groups excluding carboxylic acids is 2. The second kappa shape index (κ2) is 10.6. The van der Waals surface area contributed by atoms with Crippen LogP contribution in [0.2, 0.25) is 0 Å². The fourth-order valence-corrected chi connectivity index (χ4v) is 6.60. The maximum absolute atomic E-state index is 14.2. The van der Waals surface area contributed by atoms with Gasteiger partial charge in [-0.1, -0.05) is 56.5 Å². The van der Waals surface area contributed by atoms with E-state index in [2.05, 4.69) is 37.2 Å². The van der Waals surface area contributed by atoms with Gasteiger partial charge in [0.2, 0.25) is 0 Å². The normalized spacial score (nSPS) is 17.5. The molecular weight excluding hydrogens is 638 g/mol. The van der Waals surface area contributed by atoms with E-state index in [4.69, 9.17) is 14.5 Å². The predicted octanol–water partition coefficient (Wildman–Crippen LogP) is 4.43. The summed E-state index contributed by atoms with van der Waals surface area (Å²) in [5, 5.41) is 2.84. The van der Waals surface area contributed by atoms with Crippen molar-refractivity contribution in [2.45, 2.75) is 32.7 Å². The molecule has 2 aliphatic heterocycles. The number of nitrogens with one attached hydrogen (secondary N) is 1. The molecule has 0 unspecified atom stereocenters. The van der Waals surface area contributed by atoms with Gasteiger partial charge in [0, 0.05) is 25.8 Å². The number of aromatic nitrogens is 1. The zero-order valence-electron chi connectivity index (χ0n) is 20.8. The minimum atomic E-state index is -0.861. The number of rotatable bonds is 6. The third kappa shape index (κ3) is 4.46. The molecule has 0 spiro atoms. The third-order valence-corrected chi connectivity index (χ3v) is 8.35. The molecule has 2 aliphatic rings. The molecule has 3 heterocycles. The van der Waals surface area contributed by atoms with E-state index < -0.39 is 17.6 Å². The van der Waals surface area contributed by atoms with Gasteiger partial charge in [0.25, 0.3) is 11.5 Å². The molecule has 196 valence electrons. The van der Waals surface area contributed by atoms with Crippen LogP contribution in [0.5, 0.6) is 5.75 Å². The molecule has 2 aromatic carbocycles. The van der Waals surface area contributed by atoms with Gasteiger partial charge in [-0.05, 0) is 49.7 Å². The highest BCUT2D eigenvalue weighted by Crippen LogP contribution is 2.38. The first-order valence-corrected chi connectivity index (χ1v) is 14.4. The molecule has 0 saturated carbocycles. The van der Waals surface area contributed by atoms with Gasteiger partial charge < -0.3 is 14.8 Å². The summed E-state index contributed by atoms with van der Waals surface area (Å²) in [6.45, 7) is 3.90. The molecule has 0 radical (unpaired) electrons. The summed E-state index contributed by atoms with van der Waals surface area (Å²) in [6, 6.07) is 9.99. The Bertz CT molecular complexity index is 1710. The number of thiazole rings is 1. The summed E-state index contributed by atoms with van der Waals surface area (Å²) in [4.78, 5) is 45.8. The molecule has 0 fully saturated rings. The van der Waals surface area contributed by atoms with Gasteiger partial charge in [0.15, 0.2) is 4.80 Å². The molecule has 5 rings (SSSR count). The Morgan fingerprint density at radius 2 is 1.87 bits per heavy atom. The molecule has 1 aromatic heterocycles. The molecule has 38 heavy (non-hydrogen) atoms. The molecule has 11 heteroatoms. The van der Waals surface area contributed by atoms with E-state index in [9.17, 15) is 14.4 Å². The minimum Gasteiger partial charge on any atom is -0.496 e. The van der Waals surface area contributed by atoms with E-state index in [1.54, 1.807) is 19.1 Å². The van der Waals surface area contributed by atoms with Crippen molar-refractivity contribution in [2.24, 2.45) is 4.99 Å². The second-order valence-electron chi connectivity index (χ2n) is 8.64. The number of hydrogen-bond donors (Lipinski definition) is 1. The van der Waals surface area contributed by atoms with Gasteiger partial charge in [-0.15, -0.1) is 0 Å². The van der Waals surface area contributed by atoms with E-state index in [0.717, 1.165) is 26.7 Å². The number of nitrogens with zero attached hydrogens (tertiary/aromatic N) is 2. The molecular formula is C27H23Br2N3O5S. The predicted molar refractivity (Wildman–Crippen MR) is 152 cm³/mol. The number of halogens is 2. The first-order valence-electron chi connectivity index (χ1n) is 12.0. The lowest BCUT2D eigenvalue weighted by Crippen LogP contribution is -2.41. The van der Waals surface area contributed by atoms with Crippen LogP contribution in [0.15, 0.2) is 66.4 Å². The Morgan fingerprint density at radius 1 is 1.13 bits per heavy atom. The van der Waals surface area contributed by atoms with E-state index >= 15 is 0 Å². The van der Waals surface area contributed by atoms with Crippen LogP contribution in [0.25, 0.3) is 5.57 Å².